The van der Waals surface area contributed by atoms with Gasteiger partial charge in [-0.2, -0.15) is 0 Å². The van der Waals surface area contributed by atoms with Gasteiger partial charge in [-0.1, -0.05) is 51.0 Å². The Labute approximate surface area is 102 Å². The lowest BCUT2D eigenvalue weighted by Gasteiger charge is -2.08. The van der Waals surface area contributed by atoms with Gasteiger partial charge in [-0.3, -0.25) is 0 Å². The Morgan fingerprint density at radius 2 is 2.00 bits per heavy atom. The minimum absolute atomic E-state index is 0.867. The third-order valence-corrected chi connectivity index (χ3v) is 4.32. The van der Waals surface area contributed by atoms with Gasteiger partial charge >= 0.3 is 0 Å². The maximum absolute atomic E-state index is 2.37. The van der Waals surface area contributed by atoms with E-state index in [0.29, 0.717) is 0 Å². The van der Waals surface area contributed by atoms with Gasteiger partial charge in [0.05, 0.1) is 0 Å². The van der Waals surface area contributed by atoms with Crippen molar-refractivity contribution in [2.45, 2.75) is 39.5 Å². The van der Waals surface area contributed by atoms with Gasteiger partial charge in [-0.05, 0) is 34.9 Å². The second kappa shape index (κ2) is 5.49. The molecule has 0 amide bonds. The summed E-state index contributed by atoms with van der Waals surface area (Å²) in [6.07, 6.45) is 5.26. The Kier molecular flexibility index (Phi) is 4.00. The molecule has 86 valence electrons. The molecule has 0 saturated heterocycles. The van der Waals surface area contributed by atoms with Crippen molar-refractivity contribution < 1.29 is 0 Å². The second-order valence-corrected chi connectivity index (χ2v) is 5.64. The van der Waals surface area contributed by atoms with Gasteiger partial charge in [0.25, 0.3) is 0 Å². The van der Waals surface area contributed by atoms with Crippen molar-refractivity contribution in [2.24, 2.45) is 5.92 Å². The fourth-order valence-electron chi connectivity index (χ4n) is 2.26. The lowest BCUT2D eigenvalue weighted by atomic mass is 9.99. The minimum atomic E-state index is 0.867. The largest absolute Gasteiger partial charge is 0.148 e. The molecule has 0 bridgehead atoms. The standard InChI is InChI=1S/C15H20S/c1-3-6-12(2)9-10-15-14-8-5-4-7-13(14)11-16-15/h4-5,7-8,11-12H,3,6,9-10H2,1-2H3. The zero-order chi connectivity index (χ0) is 11.4. The van der Waals surface area contributed by atoms with Crippen molar-refractivity contribution in [3.8, 4) is 0 Å². The topological polar surface area (TPSA) is 0 Å². The molecule has 1 aromatic carbocycles. The molecular formula is C15H20S. The van der Waals surface area contributed by atoms with Crippen molar-refractivity contribution in [1.29, 1.82) is 0 Å². The van der Waals surface area contributed by atoms with Crippen LogP contribution in [0, 0.1) is 5.92 Å². The zero-order valence-electron chi connectivity index (χ0n) is 10.2. The smallest absolute Gasteiger partial charge is 0.0124 e. The number of hydrogen-bond acceptors (Lipinski definition) is 1. The van der Waals surface area contributed by atoms with E-state index in [1.54, 1.807) is 4.88 Å². The van der Waals surface area contributed by atoms with Crippen LogP contribution in [0.2, 0.25) is 0 Å². The summed E-state index contributed by atoms with van der Waals surface area (Å²) in [4.78, 5) is 1.57. The molecule has 16 heavy (non-hydrogen) atoms. The predicted octanol–water partition coefficient (Wildman–Crippen LogP) is 5.27. The number of rotatable bonds is 5. The van der Waals surface area contributed by atoms with Gasteiger partial charge in [0.15, 0.2) is 0 Å². The van der Waals surface area contributed by atoms with Gasteiger partial charge in [0.2, 0.25) is 0 Å². The Hall–Kier alpha value is -0.820. The summed E-state index contributed by atoms with van der Waals surface area (Å²) < 4.78 is 0. The van der Waals surface area contributed by atoms with Crippen LogP contribution in [-0.2, 0) is 6.42 Å². The van der Waals surface area contributed by atoms with Crippen LogP contribution in [0.1, 0.15) is 38.0 Å². The van der Waals surface area contributed by atoms with Crippen molar-refractivity contribution >= 4 is 22.1 Å². The molecule has 0 N–H and O–H groups in total. The molecule has 0 aliphatic carbocycles. The molecule has 0 aliphatic heterocycles. The van der Waals surface area contributed by atoms with Crippen LogP contribution < -0.4 is 0 Å². The summed E-state index contributed by atoms with van der Waals surface area (Å²) >= 11 is 1.92. The Balaban J connectivity index is 2.04. The van der Waals surface area contributed by atoms with E-state index < -0.39 is 0 Å². The van der Waals surface area contributed by atoms with Crippen LogP contribution in [-0.4, -0.2) is 0 Å². The van der Waals surface area contributed by atoms with Crippen LogP contribution >= 0.6 is 11.3 Å². The van der Waals surface area contributed by atoms with Gasteiger partial charge < -0.3 is 0 Å². The first-order valence-electron chi connectivity index (χ1n) is 6.26. The van der Waals surface area contributed by atoms with Crippen molar-refractivity contribution in [1.82, 2.24) is 0 Å². The molecule has 1 aromatic heterocycles. The highest BCUT2D eigenvalue weighted by Crippen LogP contribution is 2.27. The first-order valence-corrected chi connectivity index (χ1v) is 7.14. The summed E-state index contributed by atoms with van der Waals surface area (Å²) in [6.45, 7) is 4.65. The van der Waals surface area contributed by atoms with Crippen LogP contribution in [0.4, 0.5) is 0 Å². The fraction of sp³-hybridized carbons (Fsp3) is 0.467. The van der Waals surface area contributed by atoms with E-state index in [-0.39, 0.29) is 0 Å². The van der Waals surface area contributed by atoms with E-state index in [4.69, 9.17) is 0 Å². The first kappa shape index (κ1) is 11.7. The number of fused-ring (bicyclic) bond motifs is 1. The van der Waals surface area contributed by atoms with Crippen LogP contribution in [0.15, 0.2) is 29.6 Å². The van der Waals surface area contributed by atoms with Crippen molar-refractivity contribution in [3.05, 3.63) is 34.5 Å². The molecule has 0 fully saturated rings. The normalized spacial score (nSPS) is 13.1. The second-order valence-electron chi connectivity index (χ2n) is 4.68. The minimum Gasteiger partial charge on any atom is -0.148 e. The predicted molar refractivity (Wildman–Crippen MR) is 74.2 cm³/mol. The van der Waals surface area contributed by atoms with E-state index in [0.717, 1.165) is 5.92 Å². The lowest BCUT2D eigenvalue weighted by molar-refractivity contribution is 0.488. The third-order valence-electron chi connectivity index (χ3n) is 3.24. The Bertz CT molecular complexity index is 441. The zero-order valence-corrected chi connectivity index (χ0v) is 11.0. The average molecular weight is 232 g/mol. The fourth-order valence-corrected chi connectivity index (χ4v) is 3.28. The first-order chi connectivity index (χ1) is 7.81. The molecule has 0 aliphatic rings. The summed E-state index contributed by atoms with van der Waals surface area (Å²) in [5.74, 6) is 0.867. The lowest BCUT2D eigenvalue weighted by Crippen LogP contribution is -1.95. The molecule has 0 saturated carbocycles. The number of hydrogen-bond donors (Lipinski definition) is 0. The summed E-state index contributed by atoms with van der Waals surface area (Å²) in [5.41, 5.74) is 0. The molecular weight excluding hydrogens is 212 g/mol. The quantitative estimate of drug-likeness (QED) is 0.658. The molecule has 2 aromatic rings. The van der Waals surface area contributed by atoms with Crippen LogP contribution in [0.3, 0.4) is 0 Å². The summed E-state index contributed by atoms with van der Waals surface area (Å²) in [5, 5.41) is 5.16. The Morgan fingerprint density at radius 1 is 1.19 bits per heavy atom. The summed E-state index contributed by atoms with van der Waals surface area (Å²) in [6, 6.07) is 8.74. The van der Waals surface area contributed by atoms with Crippen molar-refractivity contribution in [3.63, 3.8) is 0 Å². The van der Waals surface area contributed by atoms with E-state index in [1.807, 2.05) is 11.3 Å². The summed E-state index contributed by atoms with van der Waals surface area (Å²) in [7, 11) is 0. The highest BCUT2D eigenvalue weighted by atomic mass is 32.1. The van der Waals surface area contributed by atoms with E-state index in [9.17, 15) is 0 Å². The molecule has 0 radical (unpaired) electrons. The van der Waals surface area contributed by atoms with Gasteiger partial charge in [0.1, 0.15) is 0 Å². The monoisotopic (exact) mass is 232 g/mol. The molecule has 2 rings (SSSR count). The Morgan fingerprint density at radius 3 is 2.81 bits per heavy atom. The van der Waals surface area contributed by atoms with Crippen LogP contribution in [0.5, 0.6) is 0 Å². The maximum atomic E-state index is 2.37. The van der Waals surface area contributed by atoms with Gasteiger partial charge in [0, 0.05) is 4.88 Å². The molecule has 1 heteroatoms. The highest BCUT2D eigenvalue weighted by molar-refractivity contribution is 7.11. The molecule has 1 heterocycles. The molecule has 0 nitrogen and oxygen atoms in total. The van der Waals surface area contributed by atoms with Crippen LogP contribution in [0.25, 0.3) is 10.8 Å². The number of benzene rings is 1. The van der Waals surface area contributed by atoms with E-state index >= 15 is 0 Å². The molecule has 1 unspecified atom stereocenters. The number of thiophene rings is 1. The number of aryl methyl sites for hydroxylation is 1. The van der Waals surface area contributed by atoms with Crippen molar-refractivity contribution in [2.75, 3.05) is 0 Å². The molecule has 1 atom stereocenters. The SMILES string of the molecule is CCCC(C)CCc1scc2ccccc12. The molecule has 0 spiro atoms. The highest BCUT2D eigenvalue weighted by Gasteiger charge is 2.06. The van der Waals surface area contributed by atoms with E-state index in [1.165, 1.54) is 36.5 Å². The maximum Gasteiger partial charge on any atom is 0.0124 e. The van der Waals surface area contributed by atoms with E-state index in [2.05, 4.69) is 43.5 Å². The van der Waals surface area contributed by atoms with Gasteiger partial charge in [-0.25, -0.2) is 0 Å². The third kappa shape index (κ3) is 2.65. The van der Waals surface area contributed by atoms with Gasteiger partial charge in [-0.15, -0.1) is 11.3 Å². The average Bonchev–Trinajstić information content (AvgIpc) is 2.70.